The Balaban J connectivity index is 0.720. The molecule has 4 N–H and O–H groups in total. The number of nitrogens with one attached hydrogen (secondary N) is 4. The van der Waals surface area contributed by atoms with Crippen LogP contribution >= 0.6 is 15.9 Å². The molecule has 0 saturated carbocycles. The number of ether oxygens (including phenoxy) is 1. The first kappa shape index (κ1) is 47.6. The number of sulfonamides is 1. The monoisotopic (exact) mass is 1030 g/mol. The fourth-order valence-electron chi connectivity index (χ4n) is 11.1. The quantitative estimate of drug-likeness (QED) is 0.0879. The number of fused-ring (bicyclic) bond motifs is 2. The largest absolute Gasteiger partial charge is 0.494 e. The molecule has 5 aliphatic rings. The number of piperidine rings is 4. The number of nitrogens with zero attached hydrogens (tertiary/aromatic N) is 8. The number of carbonyl (C=O) groups excluding carboxylic acids is 3. The van der Waals surface area contributed by atoms with Crippen molar-refractivity contribution in [2.24, 2.45) is 11.3 Å². The lowest BCUT2D eigenvalue weighted by molar-refractivity contribution is -0.136. The smallest absolute Gasteiger partial charge is 0.255 e. The summed E-state index contributed by atoms with van der Waals surface area (Å²) in [5, 5.41) is 9.02. The van der Waals surface area contributed by atoms with Gasteiger partial charge in [0, 0.05) is 87.3 Å². The summed E-state index contributed by atoms with van der Waals surface area (Å²) in [4.78, 5) is 64.8. The van der Waals surface area contributed by atoms with E-state index in [2.05, 4.69) is 97.4 Å². The van der Waals surface area contributed by atoms with Gasteiger partial charge >= 0.3 is 0 Å². The molecule has 0 radical (unpaired) electrons. The maximum Gasteiger partial charge on any atom is 0.255 e. The molecule has 2 aromatic heterocycles. The molecule has 3 amide bonds. The first-order valence-corrected chi connectivity index (χ1v) is 26.9. The van der Waals surface area contributed by atoms with Crippen LogP contribution in [0.15, 0.2) is 65.5 Å². The van der Waals surface area contributed by atoms with Crippen molar-refractivity contribution in [3.05, 3.63) is 82.2 Å². The van der Waals surface area contributed by atoms with Crippen LogP contribution in [0.1, 0.15) is 79.8 Å². The van der Waals surface area contributed by atoms with Crippen LogP contribution in [0, 0.1) is 11.3 Å². The van der Waals surface area contributed by atoms with E-state index in [0.717, 1.165) is 88.3 Å². The zero-order valence-corrected chi connectivity index (χ0v) is 42.2. The summed E-state index contributed by atoms with van der Waals surface area (Å²) in [5.41, 5.74) is 7.89. The number of benzene rings is 3. The lowest BCUT2D eigenvalue weighted by atomic mass is 9.71. The summed E-state index contributed by atoms with van der Waals surface area (Å²) >= 11 is 3.55. The summed E-state index contributed by atoms with van der Waals surface area (Å²) in [5.74, 6) is 1.28. The third-order valence-electron chi connectivity index (χ3n) is 15.0. The molecule has 70 heavy (non-hydrogen) atoms. The maximum atomic E-state index is 13.3. The highest BCUT2D eigenvalue weighted by Crippen LogP contribution is 2.44. The van der Waals surface area contributed by atoms with Crippen molar-refractivity contribution >= 4 is 94.9 Å². The lowest BCUT2D eigenvalue weighted by Crippen LogP contribution is -2.52. The van der Waals surface area contributed by atoms with Crippen molar-refractivity contribution in [1.29, 1.82) is 0 Å². The molecule has 5 aromatic rings. The van der Waals surface area contributed by atoms with E-state index in [1.807, 2.05) is 6.07 Å². The van der Waals surface area contributed by atoms with Crippen molar-refractivity contribution in [3.63, 3.8) is 0 Å². The lowest BCUT2D eigenvalue weighted by Gasteiger charge is -2.48. The highest BCUT2D eigenvalue weighted by molar-refractivity contribution is 9.10. The molecule has 0 aliphatic carbocycles. The van der Waals surface area contributed by atoms with Gasteiger partial charge in [-0.3, -0.25) is 34.4 Å². The summed E-state index contributed by atoms with van der Waals surface area (Å²) in [6.45, 7) is 9.95. The third kappa shape index (κ3) is 9.94. The van der Waals surface area contributed by atoms with Gasteiger partial charge in [0.15, 0.2) is 0 Å². The molecule has 0 bridgehead atoms. The Labute approximate surface area is 416 Å². The van der Waals surface area contributed by atoms with Crippen LogP contribution in [-0.2, 0) is 32.6 Å². The van der Waals surface area contributed by atoms with E-state index >= 15 is 0 Å². The van der Waals surface area contributed by atoms with Gasteiger partial charge in [-0.1, -0.05) is 6.92 Å². The molecule has 4 fully saturated rings. The normalized spacial score (nSPS) is 19.9. The highest BCUT2D eigenvalue weighted by Gasteiger charge is 2.41. The van der Waals surface area contributed by atoms with Gasteiger partial charge in [0.1, 0.15) is 23.1 Å². The molecular weight excluding hydrogens is 977 g/mol. The second-order valence-electron chi connectivity index (χ2n) is 19.4. The van der Waals surface area contributed by atoms with E-state index in [1.54, 1.807) is 36.5 Å². The van der Waals surface area contributed by atoms with Crippen LogP contribution in [0.3, 0.4) is 0 Å². The van der Waals surface area contributed by atoms with E-state index in [0.29, 0.717) is 68.6 Å². The van der Waals surface area contributed by atoms with Crippen LogP contribution in [0.2, 0.25) is 0 Å². The molecule has 5 aliphatic heterocycles. The summed E-state index contributed by atoms with van der Waals surface area (Å²) in [6, 6.07) is 13.2. The number of anilines is 7. The van der Waals surface area contributed by atoms with Gasteiger partial charge in [-0.25, -0.2) is 13.4 Å². The molecule has 1 unspecified atom stereocenters. The van der Waals surface area contributed by atoms with Gasteiger partial charge in [0.2, 0.25) is 27.8 Å². The standard InChI is InChI=1S/C50H59BrN12O6S/c1-4-32-26-39(56-49-54-28-36(51)46(58-49)55-38-8-7-37-44(53-18-17-52-37)45(38)59-70(3,67)68)42(69-2)27-41(32)62-19-11-31(12-20-62)29-60-21-13-50(14-22-60)15-23-61(24-16-50)34-5-6-35-33(25-34)30-63(48(35)66)40-9-10-43(64)57-47(40)65/h5-8,17-18,25-28,31,40,59H,4,9-16,19-24,29-30H2,1-3H3,(H,57,64,65)(H2,54,55,56,58). The predicted molar refractivity (Wildman–Crippen MR) is 274 cm³/mol. The molecule has 368 valence electrons. The number of hydrogen-bond donors (Lipinski definition) is 4. The van der Waals surface area contributed by atoms with E-state index in [1.165, 1.54) is 43.1 Å². The molecule has 1 atom stereocenters. The Morgan fingerprint density at radius 1 is 0.871 bits per heavy atom. The SMILES string of the molecule is CCc1cc(Nc2ncc(Br)c(Nc3ccc4nccnc4c3NS(C)(=O)=O)n2)c(OC)cc1N1CCC(CN2CCC3(CC2)CCN(c2ccc4c(c2)CN(C2CCC(=O)NC2=O)C4=O)CC3)CC1. The Bertz CT molecular complexity index is 2950. The van der Waals surface area contributed by atoms with Crippen molar-refractivity contribution in [1.82, 2.24) is 35.1 Å². The van der Waals surface area contributed by atoms with Crippen molar-refractivity contribution < 1.29 is 27.5 Å². The zero-order valence-electron chi connectivity index (χ0n) is 39.8. The van der Waals surface area contributed by atoms with E-state index < -0.39 is 16.1 Å². The van der Waals surface area contributed by atoms with Gasteiger partial charge < -0.3 is 35.0 Å². The molecule has 4 saturated heterocycles. The van der Waals surface area contributed by atoms with Gasteiger partial charge in [0.05, 0.1) is 40.4 Å². The number of hydrogen-bond acceptors (Lipinski definition) is 15. The number of amides is 3. The average Bonchev–Trinajstić information content (AvgIpc) is 3.68. The van der Waals surface area contributed by atoms with Crippen LogP contribution in [0.25, 0.3) is 11.0 Å². The molecule has 20 heteroatoms. The van der Waals surface area contributed by atoms with Gasteiger partial charge in [0.25, 0.3) is 5.91 Å². The maximum absolute atomic E-state index is 13.3. The molecule has 10 rings (SSSR count). The Morgan fingerprint density at radius 3 is 2.36 bits per heavy atom. The second-order valence-corrected chi connectivity index (χ2v) is 22.0. The second kappa shape index (κ2) is 19.6. The van der Waals surface area contributed by atoms with Crippen molar-refractivity contribution in [2.75, 3.05) is 84.3 Å². The molecule has 3 aromatic carbocycles. The predicted octanol–water partition coefficient (Wildman–Crippen LogP) is 6.97. The number of carbonyl (C=O) groups is 3. The Morgan fingerprint density at radius 2 is 1.63 bits per heavy atom. The van der Waals surface area contributed by atoms with Gasteiger partial charge in [-0.05, 0) is 139 Å². The number of aromatic nitrogens is 4. The van der Waals surface area contributed by atoms with E-state index in [-0.39, 0.29) is 29.8 Å². The third-order valence-corrected chi connectivity index (χ3v) is 16.2. The topological polar surface area (TPSA) is 207 Å². The summed E-state index contributed by atoms with van der Waals surface area (Å²) in [6.07, 6.45) is 14.3. The molecule has 1 spiro atoms. The van der Waals surface area contributed by atoms with Gasteiger partial charge in [-0.15, -0.1) is 0 Å². The summed E-state index contributed by atoms with van der Waals surface area (Å²) < 4.78 is 33.9. The number of likely N-dealkylation sites (tertiary alicyclic amines) is 1. The Hall–Kier alpha value is -6.12. The van der Waals surface area contributed by atoms with Crippen LogP contribution in [0.5, 0.6) is 5.75 Å². The fraction of sp³-hybridized carbons (Fsp3) is 0.460. The number of imide groups is 1. The van der Waals surface area contributed by atoms with Gasteiger partial charge in [-0.2, -0.15) is 4.98 Å². The van der Waals surface area contributed by atoms with Crippen LogP contribution in [-0.4, -0.2) is 121 Å². The average molecular weight is 1040 g/mol. The minimum atomic E-state index is -3.65. The van der Waals surface area contributed by atoms with E-state index in [9.17, 15) is 22.8 Å². The highest BCUT2D eigenvalue weighted by atomic mass is 79.9. The molecular formula is C50H59BrN12O6S. The minimum Gasteiger partial charge on any atom is -0.494 e. The summed E-state index contributed by atoms with van der Waals surface area (Å²) in [7, 11) is -1.98. The van der Waals surface area contributed by atoms with Crippen LogP contribution in [0.4, 0.5) is 40.2 Å². The fourth-order valence-corrected chi connectivity index (χ4v) is 11.9. The Kier molecular flexibility index (Phi) is 13.3. The molecule has 18 nitrogen and oxygen atoms in total. The minimum absolute atomic E-state index is 0.128. The first-order valence-electron chi connectivity index (χ1n) is 24.2. The molecule has 7 heterocycles. The number of rotatable bonds is 13. The number of methoxy groups -OCH3 is 1. The van der Waals surface area contributed by atoms with Crippen molar-refractivity contribution in [3.8, 4) is 5.75 Å². The number of halogens is 1. The van der Waals surface area contributed by atoms with E-state index in [4.69, 9.17) is 9.72 Å². The van der Waals surface area contributed by atoms with Crippen molar-refractivity contribution in [2.45, 2.75) is 77.3 Å². The first-order chi connectivity index (χ1) is 33.7. The zero-order chi connectivity index (χ0) is 48.7. The van der Waals surface area contributed by atoms with Crippen LogP contribution < -0.4 is 35.2 Å². The number of aryl methyl sites for hydroxylation is 1.